The number of aliphatic hydroxyl groups excluding tert-OH is 1. The van der Waals surface area contributed by atoms with Gasteiger partial charge in [0.25, 0.3) is 0 Å². The summed E-state index contributed by atoms with van der Waals surface area (Å²) in [5, 5.41) is 8.97. The average Bonchev–Trinajstić information content (AvgIpc) is 2.47. The number of aliphatic hydroxyl groups is 1. The van der Waals surface area contributed by atoms with Crippen molar-refractivity contribution in [3.63, 3.8) is 0 Å². The van der Waals surface area contributed by atoms with Gasteiger partial charge in [0.15, 0.2) is 0 Å². The van der Waals surface area contributed by atoms with Crippen LogP contribution in [0.3, 0.4) is 0 Å². The minimum absolute atomic E-state index is 0.317. The van der Waals surface area contributed by atoms with Gasteiger partial charge in [-0.15, -0.1) is 0 Å². The maximum atomic E-state index is 8.97. The van der Waals surface area contributed by atoms with Crippen LogP contribution in [0.1, 0.15) is 19.8 Å². The quantitative estimate of drug-likeness (QED) is 0.615. The molecule has 0 aromatic rings. The molecule has 1 aliphatic rings. The lowest BCUT2D eigenvalue weighted by molar-refractivity contribution is 0.170. The second kappa shape index (κ2) is 4.52. The van der Waals surface area contributed by atoms with Crippen LogP contribution in [0.4, 0.5) is 0 Å². The molecule has 0 amide bonds. The lowest BCUT2D eigenvalue weighted by Crippen LogP contribution is -2.32. The maximum Gasteiger partial charge on any atom is 0.0587 e. The molecule has 2 heteroatoms. The van der Waals surface area contributed by atoms with E-state index in [2.05, 4.69) is 17.1 Å². The maximum absolute atomic E-state index is 8.97. The lowest BCUT2D eigenvalue weighted by atomic mass is 10.2. The molecule has 1 rings (SSSR count). The largest absolute Gasteiger partial charge is 0.395 e. The normalized spacial score (nSPS) is 26.9. The molecule has 2 nitrogen and oxygen atoms in total. The van der Waals surface area contributed by atoms with Gasteiger partial charge in [0.2, 0.25) is 0 Å². The molecule has 0 spiro atoms. The molecule has 1 saturated heterocycles. The van der Waals surface area contributed by atoms with Crippen molar-refractivity contribution >= 4 is 0 Å². The van der Waals surface area contributed by atoms with Gasteiger partial charge in [-0.3, -0.25) is 4.90 Å². The number of likely N-dealkylation sites (tertiary alicyclic amines) is 1. The monoisotopic (exact) mass is 155 g/mol. The molecule has 1 atom stereocenters. The van der Waals surface area contributed by atoms with E-state index in [9.17, 15) is 0 Å². The fourth-order valence-electron chi connectivity index (χ4n) is 1.58. The van der Waals surface area contributed by atoms with E-state index < -0.39 is 0 Å². The van der Waals surface area contributed by atoms with E-state index in [0.717, 1.165) is 19.5 Å². The summed E-state index contributed by atoms with van der Waals surface area (Å²) in [4.78, 5) is 2.33. The zero-order valence-electron chi connectivity index (χ0n) is 7.16. The topological polar surface area (TPSA) is 23.5 Å². The van der Waals surface area contributed by atoms with E-state index in [0.29, 0.717) is 12.6 Å². The van der Waals surface area contributed by atoms with E-state index in [1.165, 1.54) is 6.42 Å². The van der Waals surface area contributed by atoms with Gasteiger partial charge >= 0.3 is 0 Å². The molecule has 11 heavy (non-hydrogen) atoms. The Morgan fingerprint density at radius 3 is 3.09 bits per heavy atom. The van der Waals surface area contributed by atoms with Gasteiger partial charge in [-0.1, -0.05) is 12.2 Å². The Hall–Kier alpha value is -0.340. The Morgan fingerprint density at radius 1 is 1.64 bits per heavy atom. The molecule has 1 fully saturated rings. The molecule has 1 N–H and O–H groups in total. The Bertz CT molecular complexity index is 134. The van der Waals surface area contributed by atoms with Crippen molar-refractivity contribution in [2.24, 2.45) is 0 Å². The summed E-state index contributed by atoms with van der Waals surface area (Å²) >= 11 is 0. The van der Waals surface area contributed by atoms with Gasteiger partial charge in [-0.25, -0.2) is 0 Å². The van der Waals surface area contributed by atoms with Crippen molar-refractivity contribution < 1.29 is 5.11 Å². The van der Waals surface area contributed by atoms with Crippen molar-refractivity contribution in [3.8, 4) is 0 Å². The summed E-state index contributed by atoms with van der Waals surface area (Å²) in [6.45, 7) is 4.50. The highest BCUT2D eigenvalue weighted by atomic mass is 16.3. The molecule has 0 aliphatic carbocycles. The van der Waals surface area contributed by atoms with E-state index >= 15 is 0 Å². The standard InChI is InChI=1S/C9H17NO/c1-2-3-6-10-7-4-5-9(10)8-11/h2-3,9,11H,4-8H2,1H3/t9-/m1/s1. The first-order chi connectivity index (χ1) is 5.38. The number of nitrogens with zero attached hydrogens (tertiary/aromatic N) is 1. The Morgan fingerprint density at radius 2 is 2.45 bits per heavy atom. The van der Waals surface area contributed by atoms with E-state index in [4.69, 9.17) is 5.11 Å². The lowest BCUT2D eigenvalue weighted by Gasteiger charge is -2.20. The van der Waals surface area contributed by atoms with Crippen LogP contribution in [0.25, 0.3) is 0 Å². The van der Waals surface area contributed by atoms with Crippen molar-refractivity contribution in [1.29, 1.82) is 0 Å². The van der Waals surface area contributed by atoms with Gasteiger partial charge in [0, 0.05) is 12.6 Å². The van der Waals surface area contributed by atoms with Gasteiger partial charge in [-0.05, 0) is 26.3 Å². The Labute approximate surface area is 68.5 Å². The summed E-state index contributed by atoms with van der Waals surface area (Å²) in [7, 11) is 0. The Balaban J connectivity index is 2.31. The SMILES string of the molecule is CC=CCN1CCC[C@@H]1CO. The fourth-order valence-corrected chi connectivity index (χ4v) is 1.58. The first-order valence-corrected chi connectivity index (χ1v) is 4.34. The zero-order chi connectivity index (χ0) is 8.10. The van der Waals surface area contributed by atoms with Crippen LogP contribution >= 0.6 is 0 Å². The van der Waals surface area contributed by atoms with Crippen LogP contribution in [0, 0.1) is 0 Å². The first-order valence-electron chi connectivity index (χ1n) is 4.34. The molecule has 0 aromatic carbocycles. The van der Waals surface area contributed by atoms with Crippen molar-refractivity contribution in [2.75, 3.05) is 19.7 Å². The highest BCUT2D eigenvalue weighted by Gasteiger charge is 2.21. The summed E-state index contributed by atoms with van der Waals surface area (Å²) in [6, 6.07) is 0.422. The number of allylic oxidation sites excluding steroid dienone is 1. The third-order valence-corrected chi connectivity index (χ3v) is 2.29. The molecule has 1 aliphatic heterocycles. The molecule has 64 valence electrons. The summed E-state index contributed by atoms with van der Waals surface area (Å²) in [5.74, 6) is 0. The van der Waals surface area contributed by atoms with Crippen molar-refractivity contribution in [2.45, 2.75) is 25.8 Å². The van der Waals surface area contributed by atoms with Crippen LogP contribution < -0.4 is 0 Å². The number of rotatable bonds is 3. The summed E-state index contributed by atoms with van der Waals surface area (Å²) in [6.07, 6.45) is 6.61. The number of hydrogen-bond donors (Lipinski definition) is 1. The van der Waals surface area contributed by atoms with E-state index in [-0.39, 0.29) is 0 Å². The molecule has 0 bridgehead atoms. The Kier molecular flexibility index (Phi) is 3.60. The van der Waals surface area contributed by atoms with Crippen molar-refractivity contribution in [3.05, 3.63) is 12.2 Å². The second-order valence-corrected chi connectivity index (χ2v) is 3.04. The van der Waals surface area contributed by atoms with Gasteiger partial charge in [0.1, 0.15) is 0 Å². The van der Waals surface area contributed by atoms with E-state index in [1.807, 2.05) is 6.92 Å². The van der Waals surface area contributed by atoms with Crippen LogP contribution in [0.15, 0.2) is 12.2 Å². The zero-order valence-corrected chi connectivity index (χ0v) is 7.16. The first kappa shape index (κ1) is 8.75. The minimum Gasteiger partial charge on any atom is -0.395 e. The average molecular weight is 155 g/mol. The van der Waals surface area contributed by atoms with Gasteiger partial charge < -0.3 is 5.11 Å². The second-order valence-electron chi connectivity index (χ2n) is 3.04. The predicted molar refractivity (Wildman–Crippen MR) is 46.5 cm³/mol. The highest BCUT2D eigenvalue weighted by molar-refractivity contribution is 4.87. The molecule has 0 saturated carbocycles. The highest BCUT2D eigenvalue weighted by Crippen LogP contribution is 2.15. The van der Waals surface area contributed by atoms with Gasteiger partial charge in [0.05, 0.1) is 6.61 Å². The molecule has 0 unspecified atom stereocenters. The third-order valence-electron chi connectivity index (χ3n) is 2.29. The molecule has 0 radical (unpaired) electrons. The van der Waals surface area contributed by atoms with Crippen LogP contribution in [-0.2, 0) is 0 Å². The van der Waals surface area contributed by atoms with E-state index in [1.54, 1.807) is 0 Å². The molecular formula is C9H17NO. The number of hydrogen-bond acceptors (Lipinski definition) is 2. The van der Waals surface area contributed by atoms with Crippen LogP contribution in [0.5, 0.6) is 0 Å². The molecular weight excluding hydrogens is 138 g/mol. The predicted octanol–water partition coefficient (Wildman–Crippen LogP) is 1.02. The van der Waals surface area contributed by atoms with Gasteiger partial charge in [-0.2, -0.15) is 0 Å². The molecule has 0 aromatic heterocycles. The molecule has 1 heterocycles. The third kappa shape index (κ3) is 2.31. The summed E-state index contributed by atoms with van der Waals surface area (Å²) < 4.78 is 0. The smallest absolute Gasteiger partial charge is 0.0587 e. The van der Waals surface area contributed by atoms with Crippen molar-refractivity contribution in [1.82, 2.24) is 4.90 Å². The minimum atomic E-state index is 0.317. The van der Waals surface area contributed by atoms with Crippen LogP contribution in [-0.4, -0.2) is 35.7 Å². The fraction of sp³-hybridized carbons (Fsp3) is 0.778. The van der Waals surface area contributed by atoms with Crippen LogP contribution in [0.2, 0.25) is 0 Å². The summed E-state index contributed by atoms with van der Waals surface area (Å²) in [5.41, 5.74) is 0.